The van der Waals surface area contributed by atoms with Crippen LogP contribution in [0.1, 0.15) is 16.9 Å². The molecule has 0 atom stereocenters. The zero-order valence-electron chi connectivity index (χ0n) is 12.4. The van der Waals surface area contributed by atoms with Crippen molar-refractivity contribution >= 4 is 0 Å². The Bertz CT molecular complexity index is 624. The average molecular weight is 284 g/mol. The summed E-state index contributed by atoms with van der Waals surface area (Å²) in [4.78, 5) is 2.17. The molecule has 1 heterocycles. The van der Waals surface area contributed by atoms with E-state index in [9.17, 15) is 0 Å². The van der Waals surface area contributed by atoms with Crippen LogP contribution in [0.3, 0.4) is 0 Å². The minimum atomic E-state index is 0.355. The lowest BCUT2D eigenvalue weighted by Crippen LogP contribution is -2.17. The summed E-state index contributed by atoms with van der Waals surface area (Å²) in [7, 11) is 3.71. The highest BCUT2D eigenvalue weighted by Crippen LogP contribution is 2.19. The first-order chi connectivity index (χ1) is 10.2. The molecule has 0 unspecified atom stereocenters. The van der Waals surface area contributed by atoms with Gasteiger partial charge in [-0.05, 0) is 42.9 Å². The van der Waals surface area contributed by atoms with Gasteiger partial charge < -0.3 is 14.9 Å². The number of methoxy groups -OCH3 is 1. The largest absolute Gasteiger partial charge is 0.497 e. The molecule has 0 aliphatic heterocycles. The van der Waals surface area contributed by atoms with Gasteiger partial charge in [-0.15, -0.1) is 0 Å². The number of ether oxygens (including phenoxy) is 1. The molecule has 0 fully saturated rings. The second-order valence-corrected chi connectivity index (χ2v) is 4.78. The van der Waals surface area contributed by atoms with Crippen LogP contribution in [0.4, 0.5) is 0 Å². The number of nitrogens with zero attached hydrogens (tertiary/aromatic N) is 1. The number of nitrogens with two attached hydrogens (primary N) is 1. The van der Waals surface area contributed by atoms with Crippen molar-refractivity contribution in [1.82, 2.24) is 4.90 Å². The standard InChI is InChI=1S/C17H20N2O2/c1-19(13-17-6-4-10-21-17)12-15-11-16(20-2)8-7-14(15)5-3-9-18/h4,6-8,10-11H,9,12-13,18H2,1-2H3. The van der Waals surface area contributed by atoms with E-state index in [1.54, 1.807) is 13.4 Å². The lowest BCUT2D eigenvalue weighted by Gasteiger charge is -2.17. The summed E-state index contributed by atoms with van der Waals surface area (Å²) in [6.45, 7) is 1.86. The van der Waals surface area contributed by atoms with Crippen molar-refractivity contribution in [3.05, 3.63) is 53.5 Å². The van der Waals surface area contributed by atoms with Gasteiger partial charge in [-0.25, -0.2) is 0 Å². The van der Waals surface area contributed by atoms with Crippen molar-refractivity contribution < 1.29 is 9.15 Å². The quantitative estimate of drug-likeness (QED) is 0.855. The second kappa shape index (κ2) is 7.53. The predicted octanol–water partition coefficient (Wildman–Crippen LogP) is 2.23. The molecule has 2 aromatic rings. The molecular formula is C17H20N2O2. The van der Waals surface area contributed by atoms with E-state index in [4.69, 9.17) is 14.9 Å². The van der Waals surface area contributed by atoms with Crippen molar-refractivity contribution in [3.8, 4) is 17.6 Å². The van der Waals surface area contributed by atoms with Crippen LogP contribution < -0.4 is 10.5 Å². The lowest BCUT2D eigenvalue weighted by atomic mass is 10.1. The summed E-state index contributed by atoms with van der Waals surface area (Å²) in [5, 5.41) is 0. The second-order valence-electron chi connectivity index (χ2n) is 4.78. The Morgan fingerprint density at radius 2 is 2.14 bits per heavy atom. The maximum atomic E-state index is 5.45. The Labute approximate surface area is 125 Å². The van der Waals surface area contributed by atoms with Crippen molar-refractivity contribution in [2.45, 2.75) is 13.1 Å². The molecule has 0 radical (unpaired) electrons. The molecule has 21 heavy (non-hydrogen) atoms. The molecule has 1 aromatic heterocycles. The summed E-state index contributed by atoms with van der Waals surface area (Å²) in [6.07, 6.45) is 1.69. The van der Waals surface area contributed by atoms with Gasteiger partial charge >= 0.3 is 0 Å². The topological polar surface area (TPSA) is 51.6 Å². The SMILES string of the molecule is COc1ccc(C#CCN)c(CN(C)Cc2ccco2)c1. The minimum Gasteiger partial charge on any atom is -0.497 e. The van der Waals surface area contributed by atoms with E-state index in [-0.39, 0.29) is 0 Å². The molecule has 1 aromatic carbocycles. The van der Waals surface area contributed by atoms with Crippen LogP contribution in [0.5, 0.6) is 5.75 Å². The summed E-state index contributed by atoms with van der Waals surface area (Å²) in [5.41, 5.74) is 7.55. The fraction of sp³-hybridized carbons (Fsp3) is 0.294. The number of rotatable bonds is 5. The van der Waals surface area contributed by atoms with E-state index in [1.807, 2.05) is 37.4 Å². The average Bonchev–Trinajstić information content (AvgIpc) is 2.98. The van der Waals surface area contributed by atoms with Gasteiger partial charge in [0.25, 0.3) is 0 Å². The fourth-order valence-corrected chi connectivity index (χ4v) is 2.11. The first kappa shape index (κ1) is 15.2. The molecule has 0 aliphatic carbocycles. The minimum absolute atomic E-state index is 0.355. The highest BCUT2D eigenvalue weighted by Gasteiger charge is 2.08. The van der Waals surface area contributed by atoms with E-state index < -0.39 is 0 Å². The van der Waals surface area contributed by atoms with E-state index in [0.29, 0.717) is 6.54 Å². The number of furan rings is 1. The Hall–Kier alpha value is -2.22. The Morgan fingerprint density at radius 3 is 2.81 bits per heavy atom. The van der Waals surface area contributed by atoms with E-state index in [0.717, 1.165) is 35.7 Å². The molecule has 4 nitrogen and oxygen atoms in total. The molecule has 0 amide bonds. The highest BCUT2D eigenvalue weighted by atomic mass is 16.5. The normalized spacial score (nSPS) is 10.3. The third-order valence-electron chi connectivity index (χ3n) is 3.08. The lowest BCUT2D eigenvalue weighted by molar-refractivity contribution is 0.287. The summed E-state index contributed by atoms with van der Waals surface area (Å²) in [6, 6.07) is 9.76. The molecule has 0 saturated heterocycles. The van der Waals surface area contributed by atoms with Gasteiger partial charge in [0.1, 0.15) is 11.5 Å². The van der Waals surface area contributed by atoms with Crippen molar-refractivity contribution in [2.75, 3.05) is 20.7 Å². The Kier molecular flexibility index (Phi) is 5.44. The summed E-state index contributed by atoms with van der Waals surface area (Å²) in [5.74, 6) is 7.78. The Morgan fingerprint density at radius 1 is 1.29 bits per heavy atom. The van der Waals surface area contributed by atoms with E-state index in [2.05, 4.69) is 16.7 Å². The van der Waals surface area contributed by atoms with Gasteiger partial charge in [-0.3, -0.25) is 4.90 Å². The van der Waals surface area contributed by atoms with Gasteiger partial charge in [-0.2, -0.15) is 0 Å². The number of benzene rings is 1. The third kappa shape index (κ3) is 4.38. The molecule has 0 spiro atoms. The van der Waals surface area contributed by atoms with Crippen LogP contribution in [-0.2, 0) is 13.1 Å². The van der Waals surface area contributed by atoms with Gasteiger partial charge in [-0.1, -0.05) is 11.8 Å². The van der Waals surface area contributed by atoms with Gasteiger partial charge in [0.15, 0.2) is 0 Å². The zero-order valence-corrected chi connectivity index (χ0v) is 12.4. The zero-order chi connectivity index (χ0) is 15.1. The Balaban J connectivity index is 2.15. The first-order valence-electron chi connectivity index (χ1n) is 6.79. The molecular weight excluding hydrogens is 264 g/mol. The number of hydrogen-bond donors (Lipinski definition) is 1. The van der Waals surface area contributed by atoms with Gasteiger partial charge in [0.2, 0.25) is 0 Å². The van der Waals surface area contributed by atoms with Crippen molar-refractivity contribution in [2.24, 2.45) is 5.73 Å². The smallest absolute Gasteiger partial charge is 0.119 e. The third-order valence-corrected chi connectivity index (χ3v) is 3.08. The maximum absolute atomic E-state index is 5.45. The highest BCUT2D eigenvalue weighted by molar-refractivity contribution is 5.45. The van der Waals surface area contributed by atoms with Crippen molar-refractivity contribution in [1.29, 1.82) is 0 Å². The molecule has 2 rings (SSSR count). The van der Waals surface area contributed by atoms with Gasteiger partial charge in [0, 0.05) is 12.1 Å². The summed E-state index contributed by atoms with van der Waals surface area (Å²) < 4.78 is 10.7. The van der Waals surface area contributed by atoms with Crippen LogP contribution in [0.15, 0.2) is 41.0 Å². The summed E-state index contributed by atoms with van der Waals surface area (Å²) >= 11 is 0. The maximum Gasteiger partial charge on any atom is 0.119 e. The fourth-order valence-electron chi connectivity index (χ4n) is 2.11. The van der Waals surface area contributed by atoms with Gasteiger partial charge in [0.05, 0.1) is 26.5 Å². The first-order valence-corrected chi connectivity index (χ1v) is 6.79. The predicted molar refractivity (Wildman–Crippen MR) is 82.8 cm³/mol. The molecule has 110 valence electrons. The van der Waals surface area contributed by atoms with Crippen LogP contribution in [0, 0.1) is 11.8 Å². The van der Waals surface area contributed by atoms with Crippen LogP contribution >= 0.6 is 0 Å². The molecule has 4 heteroatoms. The molecule has 2 N–H and O–H groups in total. The van der Waals surface area contributed by atoms with E-state index >= 15 is 0 Å². The molecule has 0 aliphatic rings. The molecule has 0 saturated carbocycles. The molecule has 0 bridgehead atoms. The monoisotopic (exact) mass is 284 g/mol. The van der Waals surface area contributed by atoms with E-state index in [1.165, 1.54) is 0 Å². The van der Waals surface area contributed by atoms with Crippen LogP contribution in [0.2, 0.25) is 0 Å². The number of hydrogen-bond acceptors (Lipinski definition) is 4. The van der Waals surface area contributed by atoms with Crippen molar-refractivity contribution in [3.63, 3.8) is 0 Å². The van der Waals surface area contributed by atoms with Crippen LogP contribution in [0.25, 0.3) is 0 Å². The van der Waals surface area contributed by atoms with Crippen LogP contribution in [-0.4, -0.2) is 25.6 Å².